The van der Waals surface area contributed by atoms with Crippen molar-refractivity contribution in [1.82, 2.24) is 0 Å². The van der Waals surface area contributed by atoms with Crippen molar-refractivity contribution in [3.63, 3.8) is 0 Å². The SMILES string of the molecule is CCCCCCCCCCCCCCCCCCCC(=O)O[C@@H](COC(=O)CCCCCCCCCCCCCCC)COC(=O)CCCCCCCCCCCCCC(C)C. The molecule has 0 radical (unpaired) electrons. The first-order chi connectivity index (χ1) is 30.4. The van der Waals surface area contributed by atoms with Crippen LogP contribution < -0.4 is 0 Å². The van der Waals surface area contributed by atoms with Crippen LogP contribution in [0.2, 0.25) is 0 Å². The van der Waals surface area contributed by atoms with Crippen molar-refractivity contribution in [2.24, 2.45) is 5.92 Å². The van der Waals surface area contributed by atoms with E-state index in [4.69, 9.17) is 14.2 Å². The number of unbranched alkanes of at least 4 members (excludes halogenated alkanes) is 38. The van der Waals surface area contributed by atoms with Crippen molar-refractivity contribution >= 4 is 17.9 Å². The first-order valence-electron chi connectivity index (χ1n) is 27.9. The predicted molar refractivity (Wildman–Crippen MR) is 266 cm³/mol. The number of carbonyl (C=O) groups excluding carboxylic acids is 3. The van der Waals surface area contributed by atoms with Crippen molar-refractivity contribution in [3.8, 4) is 0 Å². The Bertz CT molecular complexity index is 933. The Hall–Kier alpha value is -1.59. The van der Waals surface area contributed by atoms with Gasteiger partial charge >= 0.3 is 17.9 Å². The minimum absolute atomic E-state index is 0.0622. The molecule has 6 nitrogen and oxygen atoms in total. The highest BCUT2D eigenvalue weighted by molar-refractivity contribution is 5.71. The molecule has 0 saturated carbocycles. The van der Waals surface area contributed by atoms with Crippen LogP contribution in [0, 0.1) is 5.92 Å². The van der Waals surface area contributed by atoms with E-state index in [0.717, 1.165) is 63.7 Å². The van der Waals surface area contributed by atoms with Crippen LogP contribution in [0.1, 0.15) is 317 Å². The Morgan fingerprint density at radius 2 is 0.532 bits per heavy atom. The highest BCUT2D eigenvalue weighted by Gasteiger charge is 2.19. The molecule has 6 heteroatoms. The first kappa shape index (κ1) is 60.4. The van der Waals surface area contributed by atoms with Gasteiger partial charge in [-0.15, -0.1) is 0 Å². The number of esters is 3. The molecule has 0 fully saturated rings. The topological polar surface area (TPSA) is 78.9 Å². The summed E-state index contributed by atoms with van der Waals surface area (Å²) >= 11 is 0. The molecule has 0 aliphatic rings. The Kier molecular flexibility index (Phi) is 49.1. The molecule has 0 spiro atoms. The molecule has 0 aromatic heterocycles. The summed E-state index contributed by atoms with van der Waals surface area (Å²) in [7, 11) is 0. The monoisotopic (exact) mass is 877 g/mol. The second kappa shape index (κ2) is 50.4. The van der Waals surface area contributed by atoms with E-state index < -0.39 is 6.10 Å². The highest BCUT2D eigenvalue weighted by atomic mass is 16.6. The van der Waals surface area contributed by atoms with E-state index in [2.05, 4.69) is 27.7 Å². The van der Waals surface area contributed by atoms with E-state index >= 15 is 0 Å². The maximum absolute atomic E-state index is 12.8. The van der Waals surface area contributed by atoms with Crippen LogP contribution in [0.25, 0.3) is 0 Å². The number of hydrogen-bond donors (Lipinski definition) is 0. The Balaban J connectivity index is 4.30. The predicted octanol–water partition coefficient (Wildman–Crippen LogP) is 18.2. The van der Waals surface area contributed by atoms with Gasteiger partial charge in [-0.25, -0.2) is 0 Å². The largest absolute Gasteiger partial charge is 0.462 e. The molecule has 0 amide bonds. The smallest absolute Gasteiger partial charge is 0.306 e. The Morgan fingerprint density at radius 1 is 0.306 bits per heavy atom. The van der Waals surface area contributed by atoms with Gasteiger partial charge in [0, 0.05) is 19.3 Å². The zero-order valence-corrected chi connectivity index (χ0v) is 42.3. The number of rotatable bonds is 51. The zero-order chi connectivity index (χ0) is 45.2. The molecule has 0 heterocycles. The average molecular weight is 877 g/mol. The molecule has 0 aliphatic heterocycles. The third-order valence-corrected chi connectivity index (χ3v) is 12.8. The summed E-state index contributed by atoms with van der Waals surface area (Å²) in [5, 5.41) is 0. The summed E-state index contributed by atoms with van der Waals surface area (Å²) in [6.45, 7) is 9.04. The Morgan fingerprint density at radius 3 is 0.790 bits per heavy atom. The Labute approximate surface area is 387 Å². The van der Waals surface area contributed by atoms with Crippen molar-refractivity contribution in [2.75, 3.05) is 13.2 Å². The van der Waals surface area contributed by atoms with Gasteiger partial charge in [-0.05, 0) is 25.2 Å². The minimum Gasteiger partial charge on any atom is -0.462 e. The van der Waals surface area contributed by atoms with E-state index in [9.17, 15) is 14.4 Å². The molecule has 1 atom stereocenters. The van der Waals surface area contributed by atoms with Crippen molar-refractivity contribution < 1.29 is 28.6 Å². The summed E-state index contributed by atoms with van der Waals surface area (Å²) in [4.78, 5) is 38.1. The summed E-state index contributed by atoms with van der Waals surface area (Å²) < 4.78 is 16.9. The molecule has 0 aromatic carbocycles. The normalized spacial score (nSPS) is 12.0. The third-order valence-electron chi connectivity index (χ3n) is 12.8. The van der Waals surface area contributed by atoms with Gasteiger partial charge in [0.05, 0.1) is 0 Å². The van der Waals surface area contributed by atoms with Crippen LogP contribution in [-0.2, 0) is 28.6 Å². The maximum atomic E-state index is 12.8. The van der Waals surface area contributed by atoms with Gasteiger partial charge < -0.3 is 14.2 Å². The quantitative estimate of drug-likeness (QED) is 0.0344. The van der Waals surface area contributed by atoms with Gasteiger partial charge in [0.25, 0.3) is 0 Å². The summed E-state index contributed by atoms with van der Waals surface area (Å²) in [5.74, 6) is -0.0116. The molecular formula is C56H108O6. The van der Waals surface area contributed by atoms with Gasteiger partial charge in [-0.1, -0.05) is 278 Å². The zero-order valence-electron chi connectivity index (χ0n) is 42.3. The number of ether oxygens (including phenoxy) is 3. The number of hydrogen-bond acceptors (Lipinski definition) is 6. The summed E-state index contributed by atoms with van der Waals surface area (Å²) in [5.41, 5.74) is 0. The molecule has 0 bridgehead atoms. The van der Waals surface area contributed by atoms with Crippen LogP contribution in [0.5, 0.6) is 0 Å². The lowest BCUT2D eigenvalue weighted by Crippen LogP contribution is -2.30. The van der Waals surface area contributed by atoms with Crippen LogP contribution in [0.15, 0.2) is 0 Å². The molecular weight excluding hydrogens is 769 g/mol. The second-order valence-corrected chi connectivity index (χ2v) is 19.7. The van der Waals surface area contributed by atoms with Crippen LogP contribution in [0.4, 0.5) is 0 Å². The summed E-state index contributed by atoms with van der Waals surface area (Å²) in [6, 6.07) is 0. The fourth-order valence-electron chi connectivity index (χ4n) is 8.57. The minimum atomic E-state index is -0.761. The maximum Gasteiger partial charge on any atom is 0.306 e. The van der Waals surface area contributed by atoms with Crippen LogP contribution in [-0.4, -0.2) is 37.2 Å². The van der Waals surface area contributed by atoms with Gasteiger partial charge in [0.2, 0.25) is 0 Å². The molecule has 0 aliphatic carbocycles. The van der Waals surface area contributed by atoms with Crippen molar-refractivity contribution in [2.45, 2.75) is 323 Å². The number of carbonyl (C=O) groups is 3. The average Bonchev–Trinajstić information content (AvgIpc) is 3.26. The fourth-order valence-corrected chi connectivity index (χ4v) is 8.57. The van der Waals surface area contributed by atoms with E-state index in [0.29, 0.717) is 19.3 Å². The van der Waals surface area contributed by atoms with Crippen molar-refractivity contribution in [3.05, 3.63) is 0 Å². The molecule has 0 aromatic rings. The van der Waals surface area contributed by atoms with Gasteiger partial charge in [0.15, 0.2) is 6.10 Å². The van der Waals surface area contributed by atoms with E-state index in [1.165, 1.54) is 212 Å². The van der Waals surface area contributed by atoms with E-state index in [1.807, 2.05) is 0 Å². The molecule has 0 unspecified atom stereocenters. The fraction of sp³-hybridized carbons (Fsp3) is 0.946. The van der Waals surface area contributed by atoms with Crippen molar-refractivity contribution in [1.29, 1.82) is 0 Å². The molecule has 0 rings (SSSR count). The summed E-state index contributed by atoms with van der Waals surface area (Å²) in [6.07, 6.45) is 53.7. The highest BCUT2D eigenvalue weighted by Crippen LogP contribution is 2.18. The molecule has 0 N–H and O–H groups in total. The van der Waals surface area contributed by atoms with E-state index in [-0.39, 0.29) is 31.1 Å². The molecule has 368 valence electrons. The van der Waals surface area contributed by atoms with Crippen LogP contribution >= 0.6 is 0 Å². The third kappa shape index (κ3) is 49.4. The lowest BCUT2D eigenvalue weighted by atomic mass is 10.0. The lowest BCUT2D eigenvalue weighted by molar-refractivity contribution is -0.167. The van der Waals surface area contributed by atoms with E-state index in [1.54, 1.807) is 0 Å². The molecule has 0 saturated heterocycles. The molecule has 62 heavy (non-hydrogen) atoms. The lowest BCUT2D eigenvalue weighted by Gasteiger charge is -2.18. The first-order valence-corrected chi connectivity index (χ1v) is 27.9. The second-order valence-electron chi connectivity index (χ2n) is 19.7. The van der Waals surface area contributed by atoms with Crippen LogP contribution in [0.3, 0.4) is 0 Å². The van der Waals surface area contributed by atoms with Gasteiger partial charge in [-0.2, -0.15) is 0 Å². The van der Waals surface area contributed by atoms with Gasteiger partial charge in [-0.3, -0.25) is 14.4 Å². The standard InChI is InChI=1S/C56H108O6/c1-5-7-9-11-13-15-17-19-20-21-22-24-28-33-37-41-45-49-56(59)62-53(50-60-54(57)47-43-39-35-31-27-23-18-16-14-12-10-8-6-2)51-61-55(58)48-44-40-36-32-29-25-26-30-34-38-42-46-52(3)4/h52-53H,5-51H2,1-4H3/t53-/m0/s1. The van der Waals surface area contributed by atoms with Gasteiger partial charge in [0.1, 0.15) is 13.2 Å².